The van der Waals surface area contributed by atoms with E-state index in [-0.39, 0.29) is 0 Å². The number of nitrogens with one attached hydrogen (secondary N) is 1. The Balaban J connectivity index is 2.19. The van der Waals surface area contributed by atoms with Crippen LogP contribution in [0.15, 0.2) is 24.3 Å². The molecular weight excluding hydrogens is 244 g/mol. The molecule has 1 heterocycles. The van der Waals surface area contributed by atoms with Crippen LogP contribution in [0.5, 0.6) is 0 Å². The molecule has 1 aromatic heterocycles. The van der Waals surface area contributed by atoms with Crippen molar-refractivity contribution in [3.63, 3.8) is 0 Å². The normalized spacial score (nSPS) is 14.5. The van der Waals surface area contributed by atoms with Crippen molar-refractivity contribution in [1.82, 2.24) is 4.98 Å². The van der Waals surface area contributed by atoms with Gasteiger partial charge in [-0.05, 0) is 37.3 Å². The molecule has 0 amide bonds. The minimum absolute atomic E-state index is 0.630. The van der Waals surface area contributed by atoms with Crippen LogP contribution in [-0.2, 0) is 12.8 Å². The highest BCUT2D eigenvalue weighted by Gasteiger charge is 2.17. The predicted molar refractivity (Wildman–Crippen MR) is 77.6 cm³/mol. The van der Waals surface area contributed by atoms with Crippen molar-refractivity contribution in [2.24, 2.45) is 0 Å². The molecule has 0 aliphatic heterocycles. The average molecular weight is 261 g/mol. The molecule has 3 heteroatoms. The Morgan fingerprint density at radius 1 is 1.17 bits per heavy atom. The maximum Gasteiger partial charge on any atom is 0.0726 e. The fraction of sp³-hybridized carbons (Fsp3) is 0.400. The standard InChI is InChI=1S/C15H17ClN2/c16-9-10-17-15-11-5-1-3-7-13(11)18-14-8-4-2-6-12(14)15/h1,3,5,7H,2,4,6,8-10H2,(H,17,18). The van der Waals surface area contributed by atoms with Crippen LogP contribution < -0.4 is 5.32 Å². The lowest BCUT2D eigenvalue weighted by atomic mass is 9.92. The smallest absolute Gasteiger partial charge is 0.0726 e. The Hall–Kier alpha value is -1.28. The molecule has 0 saturated heterocycles. The van der Waals surface area contributed by atoms with Crippen LogP contribution in [0, 0.1) is 0 Å². The highest BCUT2D eigenvalue weighted by atomic mass is 35.5. The average Bonchev–Trinajstić information content (AvgIpc) is 2.43. The van der Waals surface area contributed by atoms with E-state index in [9.17, 15) is 0 Å². The van der Waals surface area contributed by atoms with E-state index < -0.39 is 0 Å². The SMILES string of the molecule is ClCCNc1c2c(nc3ccccc13)CCCC2. The number of fused-ring (bicyclic) bond motifs is 2. The van der Waals surface area contributed by atoms with Crippen LogP contribution in [0.25, 0.3) is 10.9 Å². The van der Waals surface area contributed by atoms with Gasteiger partial charge >= 0.3 is 0 Å². The molecule has 0 bridgehead atoms. The zero-order valence-electron chi connectivity index (χ0n) is 10.4. The van der Waals surface area contributed by atoms with E-state index >= 15 is 0 Å². The molecule has 1 aromatic carbocycles. The molecule has 3 rings (SSSR count). The number of rotatable bonds is 3. The van der Waals surface area contributed by atoms with Gasteiger partial charge in [-0.15, -0.1) is 11.6 Å². The second-order valence-corrected chi connectivity index (χ2v) is 5.13. The third-order valence-electron chi connectivity index (χ3n) is 3.57. The number of benzene rings is 1. The minimum Gasteiger partial charge on any atom is -0.383 e. The van der Waals surface area contributed by atoms with Crippen molar-refractivity contribution in [2.75, 3.05) is 17.7 Å². The Morgan fingerprint density at radius 3 is 2.89 bits per heavy atom. The quantitative estimate of drug-likeness (QED) is 0.850. The van der Waals surface area contributed by atoms with E-state index in [4.69, 9.17) is 16.6 Å². The first-order valence-corrected chi connectivity index (χ1v) is 7.14. The van der Waals surface area contributed by atoms with Crippen molar-refractivity contribution in [2.45, 2.75) is 25.7 Å². The maximum atomic E-state index is 5.81. The summed E-state index contributed by atoms with van der Waals surface area (Å²) in [5, 5.41) is 4.72. The molecular formula is C15H17ClN2. The second kappa shape index (κ2) is 5.15. The first-order valence-electron chi connectivity index (χ1n) is 6.60. The molecule has 1 N–H and O–H groups in total. The topological polar surface area (TPSA) is 24.9 Å². The molecule has 0 fully saturated rings. The Labute approximate surface area is 112 Å². The van der Waals surface area contributed by atoms with Crippen LogP contribution in [0.4, 0.5) is 5.69 Å². The van der Waals surface area contributed by atoms with E-state index in [1.165, 1.54) is 35.2 Å². The number of anilines is 1. The monoisotopic (exact) mass is 260 g/mol. The summed E-state index contributed by atoms with van der Waals surface area (Å²) in [4.78, 5) is 4.81. The molecule has 2 nitrogen and oxygen atoms in total. The molecule has 94 valence electrons. The molecule has 0 radical (unpaired) electrons. The Kier molecular flexibility index (Phi) is 3.37. The molecule has 1 aliphatic rings. The number of hydrogen-bond donors (Lipinski definition) is 1. The molecule has 0 saturated carbocycles. The third-order valence-corrected chi connectivity index (χ3v) is 3.75. The number of halogens is 1. The number of para-hydroxylation sites is 1. The van der Waals surface area contributed by atoms with Crippen LogP contribution >= 0.6 is 11.6 Å². The van der Waals surface area contributed by atoms with Gasteiger partial charge < -0.3 is 5.32 Å². The van der Waals surface area contributed by atoms with Crippen molar-refractivity contribution >= 4 is 28.2 Å². The number of aromatic nitrogens is 1. The van der Waals surface area contributed by atoms with Gasteiger partial charge in [0.05, 0.1) is 5.52 Å². The van der Waals surface area contributed by atoms with E-state index in [0.29, 0.717) is 5.88 Å². The predicted octanol–water partition coefficient (Wildman–Crippen LogP) is 3.76. The number of nitrogens with zero attached hydrogens (tertiary/aromatic N) is 1. The molecule has 0 unspecified atom stereocenters. The first kappa shape index (κ1) is 11.8. The zero-order chi connectivity index (χ0) is 12.4. The second-order valence-electron chi connectivity index (χ2n) is 4.75. The number of aryl methyl sites for hydroxylation is 1. The summed E-state index contributed by atoms with van der Waals surface area (Å²) < 4.78 is 0. The molecule has 18 heavy (non-hydrogen) atoms. The van der Waals surface area contributed by atoms with Crippen molar-refractivity contribution in [1.29, 1.82) is 0 Å². The van der Waals surface area contributed by atoms with Gasteiger partial charge in [0, 0.05) is 29.2 Å². The largest absolute Gasteiger partial charge is 0.383 e. The van der Waals surface area contributed by atoms with Gasteiger partial charge in [-0.2, -0.15) is 0 Å². The van der Waals surface area contributed by atoms with Gasteiger partial charge in [0.25, 0.3) is 0 Å². The summed E-state index contributed by atoms with van der Waals surface area (Å²) in [7, 11) is 0. The fourth-order valence-electron chi connectivity index (χ4n) is 2.75. The number of alkyl halides is 1. The highest BCUT2D eigenvalue weighted by Crippen LogP contribution is 2.32. The summed E-state index contributed by atoms with van der Waals surface area (Å²) in [6.45, 7) is 0.808. The first-order chi connectivity index (χ1) is 8.90. The summed E-state index contributed by atoms with van der Waals surface area (Å²) >= 11 is 5.81. The Morgan fingerprint density at radius 2 is 2.00 bits per heavy atom. The van der Waals surface area contributed by atoms with Crippen LogP contribution in [-0.4, -0.2) is 17.4 Å². The highest BCUT2D eigenvalue weighted by molar-refractivity contribution is 6.18. The summed E-state index contributed by atoms with van der Waals surface area (Å²) in [5.74, 6) is 0.630. The van der Waals surface area contributed by atoms with E-state index in [1.807, 2.05) is 0 Å². The van der Waals surface area contributed by atoms with Gasteiger partial charge in [-0.3, -0.25) is 4.98 Å². The van der Waals surface area contributed by atoms with Crippen molar-refractivity contribution in [3.05, 3.63) is 35.5 Å². The lowest BCUT2D eigenvalue weighted by Crippen LogP contribution is -2.12. The molecule has 0 atom stereocenters. The van der Waals surface area contributed by atoms with Crippen LogP contribution in [0.1, 0.15) is 24.1 Å². The van der Waals surface area contributed by atoms with Crippen LogP contribution in [0.2, 0.25) is 0 Å². The fourth-order valence-corrected chi connectivity index (χ4v) is 2.84. The van der Waals surface area contributed by atoms with Crippen LogP contribution in [0.3, 0.4) is 0 Å². The molecule has 2 aromatic rings. The van der Waals surface area contributed by atoms with E-state index in [2.05, 4.69) is 29.6 Å². The molecule has 1 aliphatic carbocycles. The zero-order valence-corrected chi connectivity index (χ0v) is 11.1. The van der Waals surface area contributed by atoms with Gasteiger partial charge in [-0.25, -0.2) is 0 Å². The van der Waals surface area contributed by atoms with Gasteiger partial charge in [0.15, 0.2) is 0 Å². The Bertz CT molecular complexity index is 566. The summed E-state index contributed by atoms with van der Waals surface area (Å²) in [6, 6.07) is 8.37. The van der Waals surface area contributed by atoms with E-state index in [1.54, 1.807) is 0 Å². The number of hydrogen-bond acceptors (Lipinski definition) is 2. The lowest BCUT2D eigenvalue weighted by molar-refractivity contribution is 0.672. The summed E-state index contributed by atoms with van der Waals surface area (Å²) in [6.07, 6.45) is 4.77. The van der Waals surface area contributed by atoms with Gasteiger partial charge in [-0.1, -0.05) is 18.2 Å². The summed E-state index contributed by atoms with van der Waals surface area (Å²) in [5.41, 5.74) is 5.04. The van der Waals surface area contributed by atoms with Gasteiger partial charge in [0.2, 0.25) is 0 Å². The third kappa shape index (κ3) is 2.05. The van der Waals surface area contributed by atoms with Gasteiger partial charge in [0.1, 0.15) is 0 Å². The minimum atomic E-state index is 0.630. The van der Waals surface area contributed by atoms with Crippen molar-refractivity contribution in [3.8, 4) is 0 Å². The van der Waals surface area contributed by atoms with E-state index in [0.717, 1.165) is 24.9 Å². The number of pyridine rings is 1. The van der Waals surface area contributed by atoms with Crippen molar-refractivity contribution < 1.29 is 0 Å². The maximum absolute atomic E-state index is 5.81. The lowest BCUT2D eigenvalue weighted by Gasteiger charge is -2.21. The molecule has 0 spiro atoms.